The molecule has 0 aliphatic rings. The van der Waals surface area contributed by atoms with Gasteiger partial charge in [-0.25, -0.2) is 4.79 Å². The summed E-state index contributed by atoms with van der Waals surface area (Å²) in [4.78, 5) is 35.3. The number of rotatable bonds is 6. The zero-order chi connectivity index (χ0) is 18.2. The number of nitrogens with one attached hydrogen (secondary N) is 1. The molecule has 0 radical (unpaired) electrons. The first-order valence-electron chi connectivity index (χ1n) is 7.44. The fourth-order valence-corrected chi connectivity index (χ4v) is 2.05. The Morgan fingerprint density at radius 2 is 1.80 bits per heavy atom. The zero-order valence-electron chi connectivity index (χ0n) is 13.4. The molecular weight excluding hydrogens is 346 g/mol. The van der Waals surface area contributed by atoms with Crippen LogP contribution in [0.1, 0.15) is 17.3 Å². The van der Waals surface area contributed by atoms with E-state index in [-0.39, 0.29) is 0 Å². The van der Waals surface area contributed by atoms with Gasteiger partial charge in [-0.2, -0.15) is 0 Å². The molecule has 2 aromatic rings. The minimum Gasteiger partial charge on any atom is -0.479 e. The molecule has 0 heterocycles. The third-order valence-electron chi connectivity index (χ3n) is 3.08. The van der Waals surface area contributed by atoms with Gasteiger partial charge in [0.2, 0.25) is 0 Å². The van der Waals surface area contributed by atoms with E-state index >= 15 is 0 Å². The van der Waals surface area contributed by atoms with E-state index in [1.54, 1.807) is 54.6 Å². The van der Waals surface area contributed by atoms with Crippen molar-refractivity contribution >= 4 is 29.4 Å². The van der Waals surface area contributed by atoms with Crippen LogP contribution < -0.4 is 10.1 Å². The lowest BCUT2D eigenvalue weighted by molar-refractivity contribution is -0.154. The second-order valence-corrected chi connectivity index (χ2v) is 5.50. The summed E-state index contributed by atoms with van der Waals surface area (Å²) in [5.41, 5.74) is 0.333. The SMILES string of the molecule is CC(Oc1cccc(Cl)c1)C(=O)OCC(=O)NC(=O)c1ccccc1. The molecule has 0 aliphatic heterocycles. The zero-order valence-corrected chi connectivity index (χ0v) is 14.2. The quantitative estimate of drug-likeness (QED) is 0.800. The largest absolute Gasteiger partial charge is 0.479 e. The van der Waals surface area contributed by atoms with Gasteiger partial charge in [0.15, 0.2) is 12.7 Å². The van der Waals surface area contributed by atoms with Crippen molar-refractivity contribution in [1.29, 1.82) is 0 Å². The Morgan fingerprint density at radius 1 is 1.08 bits per heavy atom. The maximum Gasteiger partial charge on any atom is 0.347 e. The highest BCUT2D eigenvalue weighted by Crippen LogP contribution is 2.18. The molecule has 6 nitrogen and oxygen atoms in total. The first-order chi connectivity index (χ1) is 12.0. The van der Waals surface area contributed by atoms with Gasteiger partial charge in [0.1, 0.15) is 5.75 Å². The monoisotopic (exact) mass is 361 g/mol. The van der Waals surface area contributed by atoms with E-state index in [9.17, 15) is 14.4 Å². The molecule has 1 unspecified atom stereocenters. The summed E-state index contributed by atoms with van der Waals surface area (Å²) >= 11 is 5.83. The molecule has 1 N–H and O–H groups in total. The molecule has 1 atom stereocenters. The predicted octanol–water partition coefficient (Wildman–Crippen LogP) is 2.61. The maximum absolute atomic E-state index is 11.8. The van der Waals surface area contributed by atoms with E-state index in [0.29, 0.717) is 16.3 Å². The van der Waals surface area contributed by atoms with Crippen LogP contribution in [0, 0.1) is 0 Å². The summed E-state index contributed by atoms with van der Waals surface area (Å²) < 4.78 is 10.2. The second-order valence-electron chi connectivity index (χ2n) is 5.07. The molecular formula is C18H16ClNO5. The van der Waals surface area contributed by atoms with Crippen LogP contribution in [-0.2, 0) is 14.3 Å². The average Bonchev–Trinajstić information content (AvgIpc) is 2.60. The Balaban J connectivity index is 1.78. The number of carbonyl (C=O) groups excluding carboxylic acids is 3. The summed E-state index contributed by atoms with van der Waals surface area (Å²) in [6.45, 7) is 0.900. The fourth-order valence-electron chi connectivity index (χ4n) is 1.87. The van der Waals surface area contributed by atoms with Gasteiger partial charge in [-0.3, -0.25) is 14.9 Å². The normalized spacial score (nSPS) is 11.3. The number of benzene rings is 2. The number of carbonyl (C=O) groups is 3. The second kappa shape index (κ2) is 8.84. The standard InChI is InChI=1S/C18H16ClNO5/c1-12(25-15-9-5-8-14(19)10-15)18(23)24-11-16(21)20-17(22)13-6-3-2-4-7-13/h2-10,12H,11H2,1H3,(H,20,21,22). The van der Waals surface area contributed by atoms with Gasteiger partial charge in [0.25, 0.3) is 11.8 Å². The number of imide groups is 1. The Kier molecular flexibility index (Phi) is 6.54. The Labute approximate surface area is 149 Å². The summed E-state index contributed by atoms with van der Waals surface area (Å²) in [6.07, 6.45) is -0.934. The fraction of sp³-hybridized carbons (Fsp3) is 0.167. The lowest BCUT2D eigenvalue weighted by Gasteiger charge is -2.14. The van der Waals surface area contributed by atoms with Crippen LogP contribution in [0.15, 0.2) is 54.6 Å². The Morgan fingerprint density at radius 3 is 2.48 bits per heavy atom. The summed E-state index contributed by atoms with van der Waals surface area (Å²) in [6, 6.07) is 14.8. The van der Waals surface area contributed by atoms with Gasteiger partial charge < -0.3 is 9.47 Å². The molecule has 25 heavy (non-hydrogen) atoms. The predicted molar refractivity (Wildman–Crippen MR) is 91.4 cm³/mol. The molecule has 2 rings (SSSR count). The van der Waals surface area contributed by atoms with Gasteiger partial charge in [-0.05, 0) is 37.3 Å². The van der Waals surface area contributed by atoms with Gasteiger partial charge in [0, 0.05) is 10.6 Å². The van der Waals surface area contributed by atoms with E-state index in [1.807, 2.05) is 0 Å². The summed E-state index contributed by atoms with van der Waals surface area (Å²) in [5.74, 6) is -1.62. The molecule has 0 bridgehead atoms. The van der Waals surface area contributed by atoms with E-state index in [2.05, 4.69) is 5.32 Å². The average molecular weight is 362 g/mol. The summed E-state index contributed by atoms with van der Waals surface area (Å²) in [5, 5.41) is 2.60. The van der Waals surface area contributed by atoms with Crippen molar-refractivity contribution in [2.24, 2.45) is 0 Å². The van der Waals surface area contributed by atoms with Crippen molar-refractivity contribution in [3.05, 3.63) is 65.2 Å². The van der Waals surface area contributed by atoms with Crippen LogP contribution in [-0.4, -0.2) is 30.5 Å². The van der Waals surface area contributed by atoms with E-state index in [4.69, 9.17) is 21.1 Å². The maximum atomic E-state index is 11.8. The van der Waals surface area contributed by atoms with Crippen LogP contribution in [0.2, 0.25) is 5.02 Å². The molecule has 0 aromatic heterocycles. The van der Waals surface area contributed by atoms with Crippen LogP contribution in [0.25, 0.3) is 0 Å². The first kappa shape index (κ1) is 18.5. The molecule has 130 valence electrons. The molecule has 0 aliphatic carbocycles. The number of halogens is 1. The lowest BCUT2D eigenvalue weighted by atomic mass is 10.2. The first-order valence-corrected chi connectivity index (χ1v) is 7.81. The third kappa shape index (κ3) is 5.93. The smallest absolute Gasteiger partial charge is 0.347 e. The van der Waals surface area contributed by atoms with Crippen LogP contribution in [0.4, 0.5) is 0 Å². The molecule has 2 aromatic carbocycles. The topological polar surface area (TPSA) is 81.7 Å². The molecule has 0 saturated carbocycles. The van der Waals surface area contributed by atoms with Gasteiger partial charge in [-0.15, -0.1) is 0 Å². The van der Waals surface area contributed by atoms with Crippen molar-refractivity contribution in [2.75, 3.05) is 6.61 Å². The van der Waals surface area contributed by atoms with Crippen molar-refractivity contribution in [3.63, 3.8) is 0 Å². The van der Waals surface area contributed by atoms with E-state index in [1.165, 1.54) is 6.92 Å². The van der Waals surface area contributed by atoms with Crippen molar-refractivity contribution in [2.45, 2.75) is 13.0 Å². The van der Waals surface area contributed by atoms with Crippen LogP contribution in [0.5, 0.6) is 5.75 Å². The number of ether oxygens (including phenoxy) is 2. The highest BCUT2D eigenvalue weighted by molar-refractivity contribution is 6.30. The minimum atomic E-state index is -0.934. The third-order valence-corrected chi connectivity index (χ3v) is 3.31. The summed E-state index contributed by atoms with van der Waals surface area (Å²) in [7, 11) is 0. The molecule has 0 spiro atoms. The van der Waals surface area contributed by atoms with Crippen LogP contribution >= 0.6 is 11.6 Å². The lowest BCUT2D eigenvalue weighted by Crippen LogP contribution is -2.36. The Bertz CT molecular complexity index is 763. The highest BCUT2D eigenvalue weighted by atomic mass is 35.5. The molecule has 0 saturated heterocycles. The number of hydrogen-bond donors (Lipinski definition) is 1. The molecule has 7 heteroatoms. The van der Waals surface area contributed by atoms with Crippen LogP contribution in [0.3, 0.4) is 0 Å². The van der Waals surface area contributed by atoms with E-state index in [0.717, 1.165) is 0 Å². The minimum absolute atomic E-state index is 0.333. The van der Waals surface area contributed by atoms with Crippen molar-refractivity contribution < 1.29 is 23.9 Å². The van der Waals surface area contributed by atoms with Gasteiger partial charge >= 0.3 is 5.97 Å². The number of hydrogen-bond acceptors (Lipinski definition) is 5. The van der Waals surface area contributed by atoms with Crippen molar-refractivity contribution in [1.82, 2.24) is 5.32 Å². The molecule has 2 amide bonds. The molecule has 0 fully saturated rings. The van der Waals surface area contributed by atoms with E-state index < -0.39 is 30.5 Å². The van der Waals surface area contributed by atoms with Gasteiger partial charge in [-0.1, -0.05) is 35.9 Å². The number of amides is 2. The van der Waals surface area contributed by atoms with Crippen molar-refractivity contribution in [3.8, 4) is 5.75 Å². The number of esters is 1. The highest BCUT2D eigenvalue weighted by Gasteiger charge is 2.19. The Hall–Kier alpha value is -2.86. The van der Waals surface area contributed by atoms with Gasteiger partial charge in [0.05, 0.1) is 0 Å².